The summed E-state index contributed by atoms with van der Waals surface area (Å²) in [7, 11) is 1.54. The molecule has 4 nitrogen and oxygen atoms in total. The number of methoxy groups -OCH3 is 1. The fraction of sp³-hybridized carbons (Fsp3) is 0.148. The minimum Gasteiger partial charge on any atom is -0.504 e. The Balaban J connectivity index is 1.69. The average molecular weight is 409 g/mol. The van der Waals surface area contributed by atoms with Crippen LogP contribution in [0.5, 0.6) is 11.5 Å². The van der Waals surface area contributed by atoms with Crippen LogP contribution >= 0.6 is 0 Å². The molecule has 1 atom stereocenters. The highest BCUT2D eigenvalue weighted by molar-refractivity contribution is 6.03. The maximum absolute atomic E-state index is 13.3. The Bertz CT molecular complexity index is 1270. The molecule has 4 aromatic carbocycles. The number of hydrogen-bond acceptors (Lipinski definition) is 3. The first-order valence-electron chi connectivity index (χ1n) is 10.4. The molecule has 0 saturated heterocycles. The lowest BCUT2D eigenvalue weighted by Gasteiger charge is -2.35. The smallest absolute Gasteiger partial charge is 0.228 e. The molecule has 1 unspecified atom stereocenters. The molecule has 1 N–H and O–H groups in total. The molecule has 0 bridgehead atoms. The van der Waals surface area contributed by atoms with Gasteiger partial charge in [-0.2, -0.15) is 0 Å². The Morgan fingerprint density at radius 2 is 1.74 bits per heavy atom. The van der Waals surface area contributed by atoms with Crippen LogP contribution in [0.2, 0.25) is 0 Å². The summed E-state index contributed by atoms with van der Waals surface area (Å²) in [5, 5.41) is 12.3. The molecule has 0 radical (unpaired) electrons. The van der Waals surface area contributed by atoms with E-state index in [0.717, 1.165) is 33.2 Å². The van der Waals surface area contributed by atoms with Crippen LogP contribution in [-0.2, 0) is 11.3 Å². The van der Waals surface area contributed by atoms with Gasteiger partial charge in [-0.15, -0.1) is 0 Å². The van der Waals surface area contributed by atoms with Crippen molar-refractivity contribution in [1.29, 1.82) is 0 Å². The van der Waals surface area contributed by atoms with Crippen LogP contribution in [0.1, 0.15) is 29.0 Å². The van der Waals surface area contributed by atoms with E-state index in [0.29, 0.717) is 18.7 Å². The lowest BCUT2D eigenvalue weighted by molar-refractivity contribution is -0.119. The molecule has 0 saturated carbocycles. The summed E-state index contributed by atoms with van der Waals surface area (Å²) < 4.78 is 5.33. The molecule has 154 valence electrons. The van der Waals surface area contributed by atoms with Gasteiger partial charge in [-0.25, -0.2) is 0 Å². The monoisotopic (exact) mass is 409 g/mol. The van der Waals surface area contributed by atoms with Crippen molar-refractivity contribution in [2.75, 3.05) is 12.0 Å². The summed E-state index contributed by atoms with van der Waals surface area (Å²) in [6.07, 6.45) is 0.363. The van der Waals surface area contributed by atoms with E-state index in [9.17, 15) is 9.90 Å². The van der Waals surface area contributed by atoms with Gasteiger partial charge in [0.15, 0.2) is 11.5 Å². The summed E-state index contributed by atoms with van der Waals surface area (Å²) in [5.74, 6) is 0.481. The third-order valence-electron chi connectivity index (χ3n) is 6.06. The number of phenolic OH excluding ortho intramolecular Hbond substituents is 1. The Labute approximate surface area is 181 Å². The summed E-state index contributed by atoms with van der Waals surface area (Å²) in [5.41, 5.74) is 4.14. The van der Waals surface area contributed by atoms with Crippen molar-refractivity contribution in [3.63, 3.8) is 0 Å². The largest absolute Gasteiger partial charge is 0.504 e. The maximum Gasteiger partial charge on any atom is 0.228 e. The number of carbonyl (C=O) groups is 1. The van der Waals surface area contributed by atoms with E-state index in [1.54, 1.807) is 6.07 Å². The summed E-state index contributed by atoms with van der Waals surface area (Å²) in [6.45, 7) is 0.538. The second kappa shape index (κ2) is 7.80. The zero-order valence-corrected chi connectivity index (χ0v) is 17.3. The van der Waals surface area contributed by atoms with Crippen LogP contribution in [0.3, 0.4) is 0 Å². The second-order valence-electron chi connectivity index (χ2n) is 7.87. The van der Waals surface area contributed by atoms with Crippen molar-refractivity contribution in [3.8, 4) is 11.5 Å². The van der Waals surface area contributed by atoms with Gasteiger partial charge in [-0.05, 0) is 45.7 Å². The Hall–Kier alpha value is -3.79. The number of carbonyl (C=O) groups excluding carboxylic acids is 1. The third-order valence-corrected chi connectivity index (χ3v) is 6.06. The molecule has 1 aliphatic rings. The fourth-order valence-electron chi connectivity index (χ4n) is 4.54. The van der Waals surface area contributed by atoms with Crippen LogP contribution in [0.15, 0.2) is 84.9 Å². The highest BCUT2D eigenvalue weighted by atomic mass is 16.5. The Morgan fingerprint density at radius 1 is 0.968 bits per heavy atom. The van der Waals surface area contributed by atoms with Crippen molar-refractivity contribution < 1.29 is 14.6 Å². The van der Waals surface area contributed by atoms with Gasteiger partial charge < -0.3 is 14.7 Å². The number of anilines is 1. The molecule has 1 amide bonds. The van der Waals surface area contributed by atoms with Crippen LogP contribution in [0.4, 0.5) is 5.69 Å². The van der Waals surface area contributed by atoms with Gasteiger partial charge in [0.05, 0.1) is 13.7 Å². The quantitative estimate of drug-likeness (QED) is 0.476. The molecule has 0 spiro atoms. The van der Waals surface area contributed by atoms with E-state index >= 15 is 0 Å². The molecule has 31 heavy (non-hydrogen) atoms. The zero-order valence-electron chi connectivity index (χ0n) is 17.3. The van der Waals surface area contributed by atoms with E-state index in [4.69, 9.17) is 4.74 Å². The van der Waals surface area contributed by atoms with Crippen LogP contribution in [0, 0.1) is 0 Å². The molecule has 0 aliphatic carbocycles. The number of aromatic hydroxyl groups is 1. The minimum absolute atomic E-state index is 0.0867. The first-order valence-corrected chi connectivity index (χ1v) is 10.4. The molecule has 5 rings (SSSR count). The molecule has 1 aliphatic heterocycles. The Morgan fingerprint density at radius 3 is 2.55 bits per heavy atom. The second-order valence-corrected chi connectivity index (χ2v) is 7.87. The van der Waals surface area contributed by atoms with Gasteiger partial charge >= 0.3 is 0 Å². The summed E-state index contributed by atoms with van der Waals surface area (Å²) in [4.78, 5) is 15.2. The van der Waals surface area contributed by atoms with Crippen molar-refractivity contribution in [2.24, 2.45) is 0 Å². The van der Waals surface area contributed by atoms with Gasteiger partial charge in [0.1, 0.15) is 0 Å². The number of fused-ring (bicyclic) bond motifs is 3. The van der Waals surface area contributed by atoms with Crippen LogP contribution < -0.4 is 9.64 Å². The van der Waals surface area contributed by atoms with E-state index in [-0.39, 0.29) is 17.6 Å². The number of ether oxygens (including phenoxy) is 1. The normalized spacial score (nSPS) is 15.7. The molecular weight excluding hydrogens is 386 g/mol. The maximum atomic E-state index is 13.3. The van der Waals surface area contributed by atoms with E-state index in [1.165, 1.54) is 7.11 Å². The number of hydrogen-bond donors (Lipinski definition) is 1. The number of nitrogens with zero attached hydrogens (tertiary/aromatic N) is 1. The predicted octanol–water partition coefficient (Wildman–Crippen LogP) is 5.62. The van der Waals surface area contributed by atoms with Crippen molar-refractivity contribution in [2.45, 2.75) is 18.9 Å². The highest BCUT2D eigenvalue weighted by Gasteiger charge is 2.34. The number of rotatable bonds is 4. The summed E-state index contributed by atoms with van der Waals surface area (Å²) in [6, 6.07) is 27.9. The SMILES string of the molecule is COc1cc(C2CC(=O)N(Cc3ccccc3)c3ccc4ccccc4c32)ccc1O. The van der Waals surface area contributed by atoms with Gasteiger partial charge in [-0.1, -0.05) is 66.7 Å². The van der Waals surface area contributed by atoms with Crippen LogP contribution in [-0.4, -0.2) is 18.1 Å². The third kappa shape index (κ3) is 3.40. The number of amides is 1. The molecule has 0 aromatic heterocycles. The van der Waals surface area contributed by atoms with Crippen LogP contribution in [0.25, 0.3) is 10.8 Å². The highest BCUT2D eigenvalue weighted by Crippen LogP contribution is 2.45. The fourth-order valence-corrected chi connectivity index (χ4v) is 4.54. The molecule has 1 heterocycles. The van der Waals surface area contributed by atoms with E-state index in [2.05, 4.69) is 24.3 Å². The molecule has 4 heteroatoms. The summed E-state index contributed by atoms with van der Waals surface area (Å²) >= 11 is 0. The molecule has 4 aromatic rings. The van der Waals surface area contributed by atoms with Crippen molar-refractivity contribution in [1.82, 2.24) is 0 Å². The standard InChI is InChI=1S/C27H23NO3/c1-31-25-15-20(12-14-24(25)29)22-16-26(30)28(17-18-7-3-2-4-8-18)23-13-11-19-9-5-6-10-21(19)27(22)23/h2-15,22,29H,16-17H2,1H3. The number of phenols is 1. The lowest BCUT2D eigenvalue weighted by atomic mass is 9.81. The minimum atomic E-state index is -0.116. The zero-order chi connectivity index (χ0) is 21.4. The lowest BCUT2D eigenvalue weighted by Crippen LogP contribution is -2.36. The van der Waals surface area contributed by atoms with E-state index < -0.39 is 0 Å². The predicted molar refractivity (Wildman–Crippen MR) is 123 cm³/mol. The number of benzene rings is 4. The van der Waals surface area contributed by atoms with Crippen molar-refractivity contribution in [3.05, 3.63) is 102 Å². The molecule has 0 fully saturated rings. The van der Waals surface area contributed by atoms with Gasteiger partial charge in [-0.3, -0.25) is 4.79 Å². The van der Waals surface area contributed by atoms with E-state index in [1.807, 2.05) is 59.5 Å². The first-order chi connectivity index (χ1) is 15.2. The van der Waals surface area contributed by atoms with Gasteiger partial charge in [0.25, 0.3) is 0 Å². The first kappa shape index (κ1) is 19.2. The molecular formula is C27H23NO3. The van der Waals surface area contributed by atoms with Crippen molar-refractivity contribution >= 4 is 22.4 Å². The average Bonchev–Trinajstić information content (AvgIpc) is 2.81. The Kier molecular flexibility index (Phi) is 4.83. The van der Waals surface area contributed by atoms with Gasteiger partial charge in [0, 0.05) is 18.0 Å². The topological polar surface area (TPSA) is 49.8 Å². The van der Waals surface area contributed by atoms with Gasteiger partial charge in [0.2, 0.25) is 5.91 Å².